The molecule has 10 heteroatoms. The molecule has 296 valence electrons. The van der Waals surface area contributed by atoms with Crippen LogP contribution in [0.15, 0.2) is 91.1 Å². The number of hydrogen-bond donors (Lipinski definition) is 4. The van der Waals surface area contributed by atoms with E-state index in [1.807, 2.05) is 37.5 Å². The lowest BCUT2D eigenvalue weighted by Crippen LogP contribution is -2.31. The Balaban J connectivity index is 1.24. The van der Waals surface area contributed by atoms with Gasteiger partial charge in [-0.15, -0.1) is 0 Å². The number of nitrogen functional groups attached to an aromatic ring is 1. The van der Waals surface area contributed by atoms with E-state index in [0.717, 1.165) is 71.2 Å². The maximum absolute atomic E-state index is 12.3. The number of fused-ring (bicyclic) bond motifs is 6. The Morgan fingerprint density at radius 2 is 1.89 bits per heavy atom. The van der Waals surface area contributed by atoms with Gasteiger partial charge < -0.3 is 40.2 Å². The Morgan fingerprint density at radius 1 is 1.05 bits per heavy atom. The van der Waals surface area contributed by atoms with E-state index in [0.29, 0.717) is 42.8 Å². The van der Waals surface area contributed by atoms with Gasteiger partial charge in [0, 0.05) is 47.8 Å². The van der Waals surface area contributed by atoms with Crippen LogP contribution in [0, 0.1) is 5.92 Å². The number of phenols is 2. The van der Waals surface area contributed by atoms with Crippen molar-refractivity contribution in [1.82, 2.24) is 10.3 Å². The van der Waals surface area contributed by atoms with E-state index in [9.17, 15) is 15.0 Å². The average molecular weight is 770 g/mol. The number of esters is 1. The zero-order chi connectivity index (χ0) is 39.7. The smallest absolute Gasteiger partial charge is 0.302 e. The molecule has 1 saturated carbocycles. The summed E-state index contributed by atoms with van der Waals surface area (Å²) in [5, 5.41) is 24.7. The number of aromatic nitrogens is 1. The molecule has 5 atom stereocenters. The van der Waals surface area contributed by atoms with E-state index < -0.39 is 6.10 Å². The fourth-order valence-electron chi connectivity index (χ4n) is 9.79. The number of rotatable bonds is 13. The minimum atomic E-state index is -0.519. The molecule has 0 radical (unpaired) electrons. The number of benzene rings is 4. The van der Waals surface area contributed by atoms with Gasteiger partial charge in [-0.25, -0.2) is 4.98 Å². The van der Waals surface area contributed by atoms with Gasteiger partial charge in [0.05, 0.1) is 13.0 Å². The molecular formula is C47H51N3O7. The molecule has 0 bridgehead atoms. The Kier molecular flexibility index (Phi) is 10.7. The molecule has 57 heavy (non-hydrogen) atoms. The maximum atomic E-state index is 12.3. The topological polar surface area (TPSA) is 145 Å². The fraction of sp³-hybridized carbons (Fsp3) is 0.362. The van der Waals surface area contributed by atoms with Crippen LogP contribution in [0.2, 0.25) is 0 Å². The summed E-state index contributed by atoms with van der Waals surface area (Å²) < 4.78 is 24.8. The lowest BCUT2D eigenvalue weighted by Gasteiger charge is -2.39. The van der Waals surface area contributed by atoms with Crippen LogP contribution in [0.3, 0.4) is 0 Å². The number of likely N-dealkylation sites (N-methyl/N-ethyl adjacent to an activating group) is 1. The van der Waals surface area contributed by atoms with Crippen LogP contribution in [0.25, 0.3) is 11.1 Å². The number of carbonyl (C=O) groups excluding carboxylic acids is 1. The molecule has 1 aliphatic heterocycles. The first kappa shape index (κ1) is 38.1. The highest BCUT2D eigenvalue weighted by atomic mass is 16.5. The molecule has 0 unspecified atom stereocenters. The second-order valence-corrected chi connectivity index (χ2v) is 15.8. The minimum absolute atomic E-state index is 0.0419. The number of pyridine rings is 1. The number of aryl methyl sites for hydroxylation is 1. The summed E-state index contributed by atoms with van der Waals surface area (Å²) in [6.45, 7) is 2.54. The van der Waals surface area contributed by atoms with E-state index in [-0.39, 0.29) is 41.3 Å². The van der Waals surface area contributed by atoms with Crippen molar-refractivity contribution in [3.8, 4) is 39.9 Å². The number of ether oxygens (including phenoxy) is 4. The van der Waals surface area contributed by atoms with Gasteiger partial charge in [0.15, 0.2) is 11.5 Å². The number of aromatic hydroxyl groups is 2. The van der Waals surface area contributed by atoms with Crippen molar-refractivity contribution in [2.75, 3.05) is 39.6 Å². The maximum Gasteiger partial charge on any atom is 0.302 e. The van der Waals surface area contributed by atoms with Gasteiger partial charge in [-0.1, -0.05) is 54.6 Å². The van der Waals surface area contributed by atoms with Crippen molar-refractivity contribution in [2.45, 2.75) is 68.8 Å². The van der Waals surface area contributed by atoms with Crippen LogP contribution in [0.5, 0.6) is 28.7 Å². The summed E-state index contributed by atoms with van der Waals surface area (Å²) in [5.41, 5.74) is 14.2. The van der Waals surface area contributed by atoms with Crippen molar-refractivity contribution in [3.05, 3.63) is 125 Å². The molecule has 10 nitrogen and oxygen atoms in total. The molecule has 1 aromatic heterocycles. The second kappa shape index (κ2) is 16.0. The first-order valence-corrected chi connectivity index (χ1v) is 19.9. The van der Waals surface area contributed by atoms with Gasteiger partial charge in [-0.05, 0) is 109 Å². The molecule has 2 aliphatic carbocycles. The van der Waals surface area contributed by atoms with E-state index in [1.54, 1.807) is 19.2 Å². The molecule has 5 N–H and O–H groups in total. The van der Waals surface area contributed by atoms with E-state index in [1.165, 1.54) is 18.1 Å². The zero-order valence-corrected chi connectivity index (χ0v) is 32.8. The quantitative estimate of drug-likeness (QED) is 0.0684. The number of anilines is 1. The number of phenolic OH excluding ortho intramolecular Hbond substituents is 2. The van der Waals surface area contributed by atoms with Gasteiger partial charge >= 0.3 is 5.97 Å². The van der Waals surface area contributed by atoms with Crippen LogP contribution in [0.4, 0.5) is 5.82 Å². The molecule has 1 fully saturated rings. The third-order valence-electron chi connectivity index (χ3n) is 12.3. The first-order valence-electron chi connectivity index (χ1n) is 19.9. The van der Waals surface area contributed by atoms with Gasteiger partial charge in [-0.3, -0.25) is 4.79 Å². The van der Waals surface area contributed by atoms with Gasteiger partial charge in [-0.2, -0.15) is 0 Å². The van der Waals surface area contributed by atoms with E-state index in [2.05, 4.69) is 58.8 Å². The Morgan fingerprint density at radius 3 is 2.65 bits per heavy atom. The SMILES string of the molecule is CNCCOc1cc([C@H]2Oc3c(ccc4c3[C@@]3(CC[C@@H]([C@H](CCc5ccccc5)c5ccc(N)nc5)C3)Cc3cc(O)cc(OC)c3-4)[C@@H]2COC(C)=O)ccc1O. The van der Waals surface area contributed by atoms with Crippen molar-refractivity contribution in [3.63, 3.8) is 0 Å². The number of hydrogen-bond acceptors (Lipinski definition) is 10. The van der Waals surface area contributed by atoms with Gasteiger partial charge in [0.25, 0.3) is 0 Å². The molecule has 0 saturated heterocycles. The molecular weight excluding hydrogens is 719 g/mol. The second-order valence-electron chi connectivity index (χ2n) is 15.8. The van der Waals surface area contributed by atoms with Crippen LogP contribution >= 0.6 is 0 Å². The predicted molar refractivity (Wildman–Crippen MR) is 219 cm³/mol. The van der Waals surface area contributed by atoms with Crippen molar-refractivity contribution >= 4 is 11.8 Å². The molecule has 8 rings (SSSR count). The molecule has 1 spiro atoms. The summed E-state index contributed by atoms with van der Waals surface area (Å²) in [5.74, 6) is 2.37. The third kappa shape index (κ3) is 7.46. The summed E-state index contributed by atoms with van der Waals surface area (Å²) in [4.78, 5) is 16.8. The first-order chi connectivity index (χ1) is 27.7. The highest BCUT2D eigenvalue weighted by Gasteiger charge is 2.51. The molecule has 2 heterocycles. The van der Waals surface area contributed by atoms with Crippen LogP contribution in [-0.2, 0) is 27.8 Å². The van der Waals surface area contributed by atoms with Crippen molar-refractivity contribution < 1.29 is 34.0 Å². The normalized spacial score (nSPS) is 20.9. The summed E-state index contributed by atoms with van der Waals surface area (Å²) >= 11 is 0. The fourth-order valence-corrected chi connectivity index (χ4v) is 9.79. The van der Waals surface area contributed by atoms with Gasteiger partial charge in [0.2, 0.25) is 0 Å². The van der Waals surface area contributed by atoms with Crippen molar-refractivity contribution in [1.29, 1.82) is 0 Å². The molecule has 0 amide bonds. The zero-order valence-electron chi connectivity index (χ0n) is 32.8. The number of nitrogens with zero attached hydrogens (tertiary/aromatic N) is 1. The molecule has 4 aromatic carbocycles. The van der Waals surface area contributed by atoms with Crippen LogP contribution in [-0.4, -0.2) is 55.1 Å². The summed E-state index contributed by atoms with van der Waals surface area (Å²) in [6.07, 6.45) is 6.82. The third-order valence-corrected chi connectivity index (χ3v) is 12.3. The predicted octanol–water partition coefficient (Wildman–Crippen LogP) is 8.14. The lowest BCUT2D eigenvalue weighted by atomic mass is 9.64. The number of carbonyl (C=O) groups is 1. The number of nitrogens with two attached hydrogens (primary N) is 1. The largest absolute Gasteiger partial charge is 0.508 e. The van der Waals surface area contributed by atoms with Crippen LogP contribution < -0.4 is 25.3 Å². The Labute approximate surface area is 334 Å². The highest BCUT2D eigenvalue weighted by molar-refractivity contribution is 5.84. The summed E-state index contributed by atoms with van der Waals surface area (Å²) in [7, 11) is 3.48. The Hall–Kier alpha value is -5.74. The summed E-state index contributed by atoms with van der Waals surface area (Å²) in [6, 6.07) is 27.8. The number of methoxy groups -OCH3 is 1. The molecule has 3 aliphatic rings. The minimum Gasteiger partial charge on any atom is -0.508 e. The van der Waals surface area contributed by atoms with Gasteiger partial charge in [0.1, 0.15) is 42.4 Å². The average Bonchev–Trinajstić information content (AvgIpc) is 3.80. The van der Waals surface area contributed by atoms with Crippen molar-refractivity contribution in [2.24, 2.45) is 5.92 Å². The van der Waals surface area contributed by atoms with E-state index in [4.69, 9.17) is 24.7 Å². The van der Waals surface area contributed by atoms with E-state index >= 15 is 0 Å². The molecule has 5 aromatic rings. The standard InChI is InChI=1S/C47H51N3O7/c1-28(51)56-27-38-36-13-14-37-43-33(21-34(52)23-41(43)54-3)25-47(44(37)46(36)57-45(38)30-10-15-39(53)40(22-30)55-20-19-49-2)18-17-31(24-47)35(32-11-16-42(48)50-26-32)12-9-29-7-5-4-6-8-29/h4-8,10-11,13-16,21-23,26,31,35,38,45,49,52-53H,9,12,17-20,24-25,27H2,1-3H3,(H2,48,50)/t31-,35+,38+,45-,47-/m1/s1. The lowest BCUT2D eigenvalue weighted by molar-refractivity contribution is -0.141. The number of nitrogens with one attached hydrogen (secondary N) is 1. The van der Waals surface area contributed by atoms with Crippen LogP contribution in [0.1, 0.15) is 83.9 Å². The highest BCUT2D eigenvalue weighted by Crippen LogP contribution is 2.63. The monoisotopic (exact) mass is 769 g/mol. The Bertz CT molecular complexity index is 2250.